The van der Waals surface area contributed by atoms with Crippen LogP contribution in [0.25, 0.3) is 0 Å². The molecule has 0 amide bonds. The highest BCUT2D eigenvalue weighted by atomic mass is 16.7. The molecule has 1 N–H and O–H groups in total. The van der Waals surface area contributed by atoms with Gasteiger partial charge in [-0.1, -0.05) is 64.9 Å². The van der Waals surface area contributed by atoms with E-state index in [1.807, 2.05) is 0 Å². The number of hydrogen-bond acceptors (Lipinski definition) is 3. The number of nitrogens with one attached hydrogen (secondary N) is 1. The van der Waals surface area contributed by atoms with E-state index < -0.39 is 0 Å². The van der Waals surface area contributed by atoms with Crippen LogP contribution in [0.5, 0.6) is 0 Å². The van der Waals surface area contributed by atoms with Gasteiger partial charge in [0.2, 0.25) is 0 Å². The predicted octanol–water partition coefficient (Wildman–Crippen LogP) is 4.10. The Balaban J connectivity index is 3.07. The van der Waals surface area contributed by atoms with Crippen LogP contribution in [0.4, 0.5) is 0 Å². The van der Waals surface area contributed by atoms with E-state index in [0.717, 1.165) is 12.8 Å². The first kappa shape index (κ1) is 16.0. The summed E-state index contributed by atoms with van der Waals surface area (Å²) in [6.45, 7) is 5.63. The number of carbonyl (C=O) groups excluding carboxylic acids is 1. The third-order valence-electron chi connectivity index (χ3n) is 2.74. The third kappa shape index (κ3) is 12.9. The van der Waals surface area contributed by atoms with Crippen molar-refractivity contribution in [2.24, 2.45) is 0 Å². The van der Waals surface area contributed by atoms with Gasteiger partial charge in [0.1, 0.15) is 0 Å². The first-order valence-corrected chi connectivity index (χ1v) is 6.87. The molecule has 0 saturated heterocycles. The third-order valence-corrected chi connectivity index (χ3v) is 2.74. The van der Waals surface area contributed by atoms with E-state index in [4.69, 9.17) is 0 Å². The molecule has 0 aliphatic rings. The van der Waals surface area contributed by atoms with Crippen molar-refractivity contribution in [2.45, 2.75) is 71.1 Å². The average Bonchev–Trinajstić information content (AvgIpc) is 2.34. The number of hydrogen-bond donors (Lipinski definition) is 1. The molecule has 3 heteroatoms. The Hall–Kier alpha value is -0.990. The van der Waals surface area contributed by atoms with Crippen molar-refractivity contribution in [2.75, 3.05) is 0 Å². The first-order valence-electron chi connectivity index (χ1n) is 6.87. The van der Waals surface area contributed by atoms with Crippen LogP contribution in [-0.4, -0.2) is 5.97 Å². The summed E-state index contributed by atoms with van der Waals surface area (Å²) in [5.74, 6) is -0.201. The summed E-state index contributed by atoms with van der Waals surface area (Å²) in [4.78, 5) is 15.7. The van der Waals surface area contributed by atoms with Gasteiger partial charge in [-0.3, -0.25) is 0 Å². The molecule has 0 unspecified atom stereocenters. The normalized spacial score (nSPS) is 9.94. The minimum Gasteiger partial charge on any atom is -0.344 e. The van der Waals surface area contributed by atoms with E-state index in [1.54, 1.807) is 0 Å². The molecule has 0 bridgehead atoms. The minimum absolute atomic E-state index is 0.201. The highest BCUT2D eigenvalue weighted by Crippen LogP contribution is 2.10. The molecule has 0 saturated carbocycles. The van der Waals surface area contributed by atoms with Crippen molar-refractivity contribution in [3.63, 3.8) is 0 Å². The van der Waals surface area contributed by atoms with Gasteiger partial charge in [-0.25, -0.2) is 10.3 Å². The molecule has 17 heavy (non-hydrogen) atoms. The van der Waals surface area contributed by atoms with Gasteiger partial charge in [0, 0.05) is 12.6 Å². The second kappa shape index (κ2) is 13.1. The molecular formula is C14H27NO2. The van der Waals surface area contributed by atoms with Crippen LogP contribution in [0, 0.1) is 0 Å². The van der Waals surface area contributed by atoms with Crippen LogP contribution in [-0.2, 0) is 9.63 Å². The summed E-state index contributed by atoms with van der Waals surface area (Å²) in [5.41, 5.74) is 2.34. The van der Waals surface area contributed by atoms with Crippen molar-refractivity contribution >= 4 is 5.97 Å². The van der Waals surface area contributed by atoms with E-state index in [2.05, 4.69) is 23.8 Å². The number of carbonyl (C=O) groups is 1. The van der Waals surface area contributed by atoms with Crippen LogP contribution in [0.3, 0.4) is 0 Å². The van der Waals surface area contributed by atoms with E-state index in [0.29, 0.717) is 6.42 Å². The molecule has 0 heterocycles. The van der Waals surface area contributed by atoms with Crippen molar-refractivity contribution in [3.8, 4) is 0 Å². The van der Waals surface area contributed by atoms with Crippen molar-refractivity contribution in [1.82, 2.24) is 5.48 Å². The average molecular weight is 241 g/mol. The lowest BCUT2D eigenvalue weighted by molar-refractivity contribution is -0.148. The predicted molar refractivity (Wildman–Crippen MR) is 71.3 cm³/mol. The molecule has 0 aromatic heterocycles. The maximum atomic E-state index is 11.1. The topological polar surface area (TPSA) is 38.3 Å². The Morgan fingerprint density at radius 1 is 1.06 bits per heavy atom. The van der Waals surface area contributed by atoms with Crippen LogP contribution < -0.4 is 5.48 Å². The molecule has 0 aromatic rings. The van der Waals surface area contributed by atoms with Gasteiger partial charge >= 0.3 is 5.97 Å². The zero-order valence-electron chi connectivity index (χ0n) is 11.2. The van der Waals surface area contributed by atoms with Gasteiger partial charge in [0.25, 0.3) is 0 Å². The highest BCUT2D eigenvalue weighted by molar-refractivity contribution is 5.68. The molecule has 3 nitrogen and oxygen atoms in total. The van der Waals surface area contributed by atoms with Crippen LogP contribution >= 0.6 is 0 Å². The van der Waals surface area contributed by atoms with Crippen molar-refractivity contribution in [1.29, 1.82) is 0 Å². The Morgan fingerprint density at radius 2 is 1.59 bits per heavy atom. The molecule has 0 aromatic carbocycles. The molecule has 0 spiro atoms. The lowest BCUT2D eigenvalue weighted by atomic mass is 10.1. The lowest BCUT2D eigenvalue weighted by Crippen LogP contribution is -2.13. The van der Waals surface area contributed by atoms with Crippen molar-refractivity contribution < 1.29 is 9.63 Å². The van der Waals surface area contributed by atoms with Gasteiger partial charge in [-0.15, -0.1) is 0 Å². The largest absolute Gasteiger partial charge is 0.344 e. The monoisotopic (exact) mass is 241 g/mol. The zero-order chi connectivity index (χ0) is 12.8. The zero-order valence-corrected chi connectivity index (χ0v) is 11.2. The SMILES string of the molecule is C=CNOC(=O)CCCCCCCCCCC. The van der Waals surface area contributed by atoms with Gasteiger partial charge in [-0.05, 0) is 6.42 Å². The molecule has 0 aliphatic heterocycles. The fourth-order valence-corrected chi connectivity index (χ4v) is 1.74. The summed E-state index contributed by atoms with van der Waals surface area (Å²) < 4.78 is 0. The smallest absolute Gasteiger partial charge is 0.332 e. The molecule has 0 aliphatic carbocycles. The van der Waals surface area contributed by atoms with E-state index in [1.165, 1.54) is 51.1 Å². The summed E-state index contributed by atoms with van der Waals surface area (Å²) >= 11 is 0. The maximum Gasteiger partial charge on any atom is 0.332 e. The Labute approximate surface area is 106 Å². The fourth-order valence-electron chi connectivity index (χ4n) is 1.74. The number of rotatable bonds is 12. The molecule has 100 valence electrons. The van der Waals surface area contributed by atoms with E-state index in [-0.39, 0.29) is 5.97 Å². The lowest BCUT2D eigenvalue weighted by Gasteiger charge is -2.03. The van der Waals surface area contributed by atoms with Gasteiger partial charge < -0.3 is 4.84 Å². The Kier molecular flexibility index (Phi) is 12.3. The second-order valence-corrected chi connectivity index (χ2v) is 4.37. The standard InChI is InChI=1S/C14H27NO2/c1-3-5-6-7-8-9-10-11-12-13-14(16)17-15-4-2/h4,15H,2-3,5-13H2,1H3. The Bertz CT molecular complexity index is 193. The quantitative estimate of drug-likeness (QED) is 0.413. The summed E-state index contributed by atoms with van der Waals surface area (Å²) in [5, 5.41) is 0. The number of unbranched alkanes of at least 4 members (excludes halogenated alkanes) is 8. The van der Waals surface area contributed by atoms with Crippen LogP contribution in [0.1, 0.15) is 71.1 Å². The summed E-state index contributed by atoms with van der Waals surface area (Å²) in [7, 11) is 0. The molecule has 0 fully saturated rings. The molecular weight excluding hydrogens is 214 g/mol. The fraction of sp³-hybridized carbons (Fsp3) is 0.786. The number of hydroxylamine groups is 1. The molecule has 0 atom stereocenters. The van der Waals surface area contributed by atoms with Crippen molar-refractivity contribution in [3.05, 3.63) is 12.8 Å². The second-order valence-electron chi connectivity index (χ2n) is 4.37. The van der Waals surface area contributed by atoms with Crippen LogP contribution in [0.15, 0.2) is 12.8 Å². The van der Waals surface area contributed by atoms with Gasteiger partial charge in [0.15, 0.2) is 0 Å². The highest BCUT2D eigenvalue weighted by Gasteiger charge is 2.01. The maximum absolute atomic E-state index is 11.1. The van der Waals surface area contributed by atoms with E-state index in [9.17, 15) is 4.79 Å². The Morgan fingerprint density at radius 3 is 2.12 bits per heavy atom. The first-order chi connectivity index (χ1) is 8.31. The van der Waals surface area contributed by atoms with E-state index >= 15 is 0 Å². The summed E-state index contributed by atoms with van der Waals surface area (Å²) in [6, 6.07) is 0. The van der Waals surface area contributed by atoms with Crippen LogP contribution in [0.2, 0.25) is 0 Å². The van der Waals surface area contributed by atoms with Gasteiger partial charge in [0.05, 0.1) is 0 Å². The minimum atomic E-state index is -0.201. The van der Waals surface area contributed by atoms with Gasteiger partial charge in [-0.2, -0.15) is 0 Å². The summed E-state index contributed by atoms with van der Waals surface area (Å²) in [6.07, 6.45) is 13.2. The molecule has 0 rings (SSSR count). The molecule has 0 radical (unpaired) electrons.